The van der Waals surface area contributed by atoms with Gasteiger partial charge in [-0.2, -0.15) is 0 Å². The molecule has 1 amide bonds. The summed E-state index contributed by atoms with van der Waals surface area (Å²) in [6.45, 7) is 3.52. The van der Waals surface area contributed by atoms with E-state index in [1.807, 2.05) is 4.90 Å². The number of carbonyl (C=O) groups excluding carboxylic acids is 2. The number of amides is 1. The van der Waals surface area contributed by atoms with Gasteiger partial charge >= 0.3 is 5.97 Å². The number of carbonyl (C=O) groups is 2. The number of pyridine rings is 1. The van der Waals surface area contributed by atoms with Gasteiger partial charge in [-0.1, -0.05) is 0 Å². The number of halogens is 1. The van der Waals surface area contributed by atoms with Crippen LogP contribution in [0.1, 0.15) is 33.1 Å². The lowest BCUT2D eigenvalue weighted by atomic mass is 10.2. The van der Waals surface area contributed by atoms with Crippen LogP contribution in [-0.4, -0.2) is 59.9 Å². The van der Waals surface area contributed by atoms with E-state index >= 15 is 0 Å². The SMILES string of the molecule is COC(=O)c1ccc(CN2CCCN(C(=O)c3cncc(Br)c3)CC2)o1. The lowest BCUT2D eigenvalue weighted by Crippen LogP contribution is -2.35. The summed E-state index contributed by atoms with van der Waals surface area (Å²) in [5.41, 5.74) is 0.585. The quantitative estimate of drug-likeness (QED) is 0.706. The van der Waals surface area contributed by atoms with Crippen LogP contribution in [0, 0.1) is 0 Å². The third kappa shape index (κ3) is 4.50. The zero-order valence-corrected chi connectivity index (χ0v) is 16.1. The van der Waals surface area contributed by atoms with Gasteiger partial charge in [-0.15, -0.1) is 0 Å². The van der Waals surface area contributed by atoms with Gasteiger partial charge in [0.1, 0.15) is 5.76 Å². The molecule has 0 aromatic carbocycles. The average molecular weight is 422 g/mol. The average Bonchev–Trinajstić information content (AvgIpc) is 2.98. The number of esters is 1. The van der Waals surface area contributed by atoms with Crippen molar-refractivity contribution in [3.8, 4) is 0 Å². The van der Waals surface area contributed by atoms with Crippen LogP contribution >= 0.6 is 15.9 Å². The largest absolute Gasteiger partial charge is 0.463 e. The molecule has 1 fully saturated rings. The first-order chi connectivity index (χ1) is 12.6. The van der Waals surface area contributed by atoms with E-state index < -0.39 is 5.97 Å². The summed E-state index contributed by atoms with van der Waals surface area (Å²) in [6, 6.07) is 5.19. The second-order valence-corrected chi connectivity index (χ2v) is 6.99. The van der Waals surface area contributed by atoms with E-state index in [1.165, 1.54) is 7.11 Å². The van der Waals surface area contributed by atoms with E-state index in [9.17, 15) is 9.59 Å². The Morgan fingerprint density at radius 1 is 1.23 bits per heavy atom. The number of ether oxygens (including phenoxy) is 1. The fraction of sp³-hybridized carbons (Fsp3) is 0.389. The molecule has 26 heavy (non-hydrogen) atoms. The predicted molar refractivity (Wildman–Crippen MR) is 97.8 cm³/mol. The maximum absolute atomic E-state index is 12.7. The molecule has 3 heterocycles. The Morgan fingerprint density at radius 2 is 2.08 bits per heavy atom. The van der Waals surface area contributed by atoms with Gasteiger partial charge in [-0.05, 0) is 40.5 Å². The highest BCUT2D eigenvalue weighted by molar-refractivity contribution is 9.10. The van der Waals surface area contributed by atoms with Crippen LogP contribution < -0.4 is 0 Å². The zero-order valence-electron chi connectivity index (χ0n) is 14.5. The first-order valence-electron chi connectivity index (χ1n) is 8.36. The van der Waals surface area contributed by atoms with Crippen LogP contribution in [0.3, 0.4) is 0 Å². The summed E-state index contributed by atoms with van der Waals surface area (Å²) in [6.07, 6.45) is 4.12. The predicted octanol–water partition coefficient (Wildman–Crippen LogP) is 2.57. The minimum Gasteiger partial charge on any atom is -0.463 e. The van der Waals surface area contributed by atoms with Crippen LogP contribution in [-0.2, 0) is 11.3 Å². The molecule has 7 nitrogen and oxygen atoms in total. The van der Waals surface area contributed by atoms with Gasteiger partial charge in [0.05, 0.1) is 19.2 Å². The summed E-state index contributed by atoms with van der Waals surface area (Å²) >= 11 is 3.35. The molecule has 0 atom stereocenters. The molecule has 0 unspecified atom stereocenters. The first-order valence-corrected chi connectivity index (χ1v) is 9.15. The minimum absolute atomic E-state index is 0.00775. The lowest BCUT2D eigenvalue weighted by molar-refractivity contribution is 0.0560. The Bertz CT molecular complexity index is 792. The van der Waals surface area contributed by atoms with Crippen molar-refractivity contribution in [2.24, 2.45) is 0 Å². The molecule has 138 valence electrons. The molecule has 0 aliphatic carbocycles. The number of furan rings is 1. The number of hydrogen-bond donors (Lipinski definition) is 0. The van der Waals surface area contributed by atoms with Gasteiger partial charge in [0.25, 0.3) is 5.91 Å². The fourth-order valence-corrected chi connectivity index (χ4v) is 3.30. The third-order valence-electron chi connectivity index (χ3n) is 4.26. The summed E-state index contributed by atoms with van der Waals surface area (Å²) < 4.78 is 11.0. The van der Waals surface area contributed by atoms with Crippen LogP contribution in [0.15, 0.2) is 39.5 Å². The molecule has 0 spiro atoms. The maximum atomic E-state index is 12.7. The van der Waals surface area contributed by atoms with Gasteiger partial charge < -0.3 is 14.1 Å². The molecule has 0 N–H and O–H groups in total. The van der Waals surface area contributed by atoms with E-state index in [4.69, 9.17) is 4.42 Å². The van der Waals surface area contributed by atoms with E-state index in [0.29, 0.717) is 31.0 Å². The Balaban J connectivity index is 1.59. The van der Waals surface area contributed by atoms with E-state index in [0.717, 1.165) is 24.0 Å². The van der Waals surface area contributed by atoms with E-state index in [2.05, 4.69) is 30.6 Å². The minimum atomic E-state index is -0.480. The highest BCUT2D eigenvalue weighted by Gasteiger charge is 2.21. The highest BCUT2D eigenvalue weighted by atomic mass is 79.9. The zero-order chi connectivity index (χ0) is 18.5. The fourth-order valence-electron chi connectivity index (χ4n) is 2.94. The van der Waals surface area contributed by atoms with Gasteiger partial charge in [0.15, 0.2) is 0 Å². The number of rotatable bonds is 4. The maximum Gasteiger partial charge on any atom is 0.373 e. The molecule has 1 saturated heterocycles. The van der Waals surface area contributed by atoms with Crippen LogP contribution in [0.2, 0.25) is 0 Å². The topological polar surface area (TPSA) is 75.9 Å². The van der Waals surface area contributed by atoms with Crippen molar-refractivity contribution in [2.75, 3.05) is 33.3 Å². The molecule has 1 aliphatic rings. The Labute approximate surface area is 160 Å². The lowest BCUT2D eigenvalue weighted by Gasteiger charge is -2.21. The number of hydrogen-bond acceptors (Lipinski definition) is 6. The first kappa shape index (κ1) is 18.6. The molecule has 3 rings (SSSR count). The molecule has 0 bridgehead atoms. The van der Waals surface area contributed by atoms with Gasteiger partial charge in [-0.3, -0.25) is 14.7 Å². The van der Waals surface area contributed by atoms with Crippen molar-refractivity contribution in [3.63, 3.8) is 0 Å². The molecular formula is C18H20BrN3O4. The second kappa shape index (κ2) is 8.46. The Hall–Kier alpha value is -2.19. The number of nitrogens with zero attached hydrogens (tertiary/aromatic N) is 3. The van der Waals surface area contributed by atoms with Gasteiger partial charge in [0, 0.05) is 43.0 Å². The molecular weight excluding hydrogens is 402 g/mol. The second-order valence-electron chi connectivity index (χ2n) is 6.07. The van der Waals surface area contributed by atoms with Crippen molar-refractivity contribution in [3.05, 3.63) is 52.1 Å². The normalized spacial score (nSPS) is 15.5. The van der Waals surface area contributed by atoms with Crippen LogP contribution in [0.25, 0.3) is 0 Å². The van der Waals surface area contributed by atoms with Crippen molar-refractivity contribution in [1.82, 2.24) is 14.8 Å². The molecule has 1 aliphatic heterocycles. The van der Waals surface area contributed by atoms with Crippen molar-refractivity contribution in [1.29, 1.82) is 0 Å². The smallest absolute Gasteiger partial charge is 0.373 e. The summed E-state index contributed by atoms with van der Waals surface area (Å²) in [5, 5.41) is 0. The van der Waals surface area contributed by atoms with Crippen LogP contribution in [0.5, 0.6) is 0 Å². The Kier molecular flexibility index (Phi) is 6.05. The van der Waals surface area contributed by atoms with Gasteiger partial charge in [-0.25, -0.2) is 4.79 Å². The van der Waals surface area contributed by atoms with Crippen molar-refractivity contribution in [2.45, 2.75) is 13.0 Å². The highest BCUT2D eigenvalue weighted by Crippen LogP contribution is 2.16. The van der Waals surface area contributed by atoms with Gasteiger partial charge in [0.2, 0.25) is 5.76 Å². The molecule has 2 aromatic rings. The molecule has 0 radical (unpaired) electrons. The molecule has 2 aromatic heterocycles. The van der Waals surface area contributed by atoms with E-state index in [-0.39, 0.29) is 11.7 Å². The standard InChI is InChI=1S/C18H20BrN3O4/c1-25-18(24)16-4-3-15(26-16)12-21-5-2-6-22(8-7-21)17(23)13-9-14(19)11-20-10-13/h3-4,9-11H,2,5-8,12H2,1H3. The van der Waals surface area contributed by atoms with E-state index in [1.54, 1.807) is 30.6 Å². The monoisotopic (exact) mass is 421 g/mol. The Morgan fingerprint density at radius 3 is 2.85 bits per heavy atom. The summed E-state index contributed by atoms with van der Waals surface area (Å²) in [7, 11) is 1.33. The van der Waals surface area contributed by atoms with Crippen LogP contribution in [0.4, 0.5) is 0 Å². The third-order valence-corrected chi connectivity index (χ3v) is 4.69. The number of aromatic nitrogens is 1. The van der Waals surface area contributed by atoms with Crippen molar-refractivity contribution >= 4 is 27.8 Å². The van der Waals surface area contributed by atoms with Crippen molar-refractivity contribution < 1.29 is 18.7 Å². The molecule has 0 saturated carbocycles. The summed E-state index contributed by atoms with van der Waals surface area (Å²) in [4.78, 5) is 32.3. The summed E-state index contributed by atoms with van der Waals surface area (Å²) in [5.74, 6) is 0.427. The molecule has 8 heteroatoms. The number of methoxy groups -OCH3 is 1.